The lowest BCUT2D eigenvalue weighted by molar-refractivity contribution is 1.74. The monoisotopic (exact) mass is 668 g/mol. The zero-order valence-electron chi connectivity index (χ0n) is 12.3. The summed E-state index contributed by atoms with van der Waals surface area (Å²) in [5, 5.41) is 2.67. The van der Waals surface area contributed by atoms with E-state index in [0.717, 1.165) is 0 Å². The van der Waals surface area contributed by atoms with Crippen LogP contribution in [0.15, 0.2) is 91.0 Å². The Labute approximate surface area is 177 Å². The molecule has 3 aromatic carbocycles. The Morgan fingerprint density at radius 3 is 1.09 bits per heavy atom. The van der Waals surface area contributed by atoms with Crippen LogP contribution < -0.4 is 15.6 Å². The lowest BCUT2D eigenvalue weighted by Crippen LogP contribution is -2.71. The van der Waals surface area contributed by atoms with Crippen LogP contribution in [-0.2, 0) is 0 Å². The van der Waals surface area contributed by atoms with Crippen molar-refractivity contribution in [2.45, 2.75) is 0 Å². The van der Waals surface area contributed by atoms with Gasteiger partial charge in [-0.05, 0) is 15.6 Å². The highest BCUT2D eigenvalue weighted by Gasteiger charge is 2.55. The maximum Gasteiger partial charge on any atom is 0.232 e. The van der Waals surface area contributed by atoms with E-state index in [1.165, 1.54) is 15.6 Å². The molecule has 0 aliphatic rings. The molecule has 0 saturated heterocycles. The lowest BCUT2D eigenvalue weighted by Gasteiger charge is -2.37. The zero-order chi connectivity index (χ0) is 16.3. The summed E-state index contributed by atoms with van der Waals surface area (Å²) >= 11 is 8.45. The van der Waals surface area contributed by atoms with Crippen LogP contribution in [-0.4, -0.2) is 7.67 Å². The molecule has 0 amide bonds. The molecular weight excluding hydrogens is 653 g/mol. The molecule has 0 aromatic heterocycles. The molecule has 5 heteroatoms. The normalized spacial score (nSPS) is 12.1. The highest BCUT2D eigenvalue weighted by atomic mass is 127. The van der Waals surface area contributed by atoms with E-state index in [1.807, 2.05) is 0 Å². The van der Waals surface area contributed by atoms with Gasteiger partial charge in [-0.15, -0.1) is 65.4 Å². The molecule has 0 unspecified atom stereocenters. The van der Waals surface area contributed by atoms with E-state index in [1.54, 1.807) is 0 Å². The van der Waals surface area contributed by atoms with Gasteiger partial charge in [0.1, 0.15) is 0 Å². The molecule has 0 saturated carbocycles. The van der Waals surface area contributed by atoms with Gasteiger partial charge in [0.15, 0.2) is 0 Å². The van der Waals surface area contributed by atoms with Crippen LogP contribution in [0.4, 0.5) is 0 Å². The van der Waals surface area contributed by atoms with Gasteiger partial charge in [-0.3, -0.25) is 0 Å². The minimum absolute atomic E-state index is 1.52. The molecule has 3 aromatic rings. The highest BCUT2D eigenvalue weighted by Crippen LogP contribution is 2.36. The van der Waals surface area contributed by atoms with E-state index < -0.39 is 7.67 Å². The molecule has 23 heavy (non-hydrogen) atoms. The molecule has 3 rings (SSSR count). The van der Waals surface area contributed by atoms with Crippen LogP contribution in [0.25, 0.3) is 0 Å². The number of hydrogen-bond donors (Lipinski definition) is 0. The standard InChI is InChI=1S/C18H15I3Si2/c19-22(16-10-4-1-5-11-16,17-12-6-2-7-13-17)23(20,21)18-14-8-3-9-15-18/h1-15H. The summed E-state index contributed by atoms with van der Waals surface area (Å²) in [5.41, 5.74) is 0. The maximum atomic E-state index is 2.84. The Morgan fingerprint density at radius 1 is 0.435 bits per heavy atom. The second-order valence-electron chi connectivity index (χ2n) is 5.33. The van der Waals surface area contributed by atoms with Crippen LogP contribution in [0.2, 0.25) is 0 Å². The summed E-state index contributed by atoms with van der Waals surface area (Å²) in [6.45, 7) is 0. The van der Waals surface area contributed by atoms with Gasteiger partial charge in [-0.2, -0.15) is 0 Å². The Kier molecular flexibility index (Phi) is 6.03. The molecule has 0 aliphatic carbocycles. The summed E-state index contributed by atoms with van der Waals surface area (Å²) in [4.78, 5) is 0. The fourth-order valence-corrected chi connectivity index (χ4v) is 29.3. The van der Waals surface area contributed by atoms with Crippen LogP contribution in [0.3, 0.4) is 0 Å². The summed E-state index contributed by atoms with van der Waals surface area (Å²) in [6.07, 6.45) is 0. The van der Waals surface area contributed by atoms with E-state index in [9.17, 15) is 0 Å². The van der Waals surface area contributed by atoms with Crippen molar-refractivity contribution in [3.05, 3.63) is 91.0 Å². The van der Waals surface area contributed by atoms with Crippen molar-refractivity contribution < 1.29 is 0 Å². The fourth-order valence-electron chi connectivity index (χ4n) is 2.71. The molecule has 0 bridgehead atoms. The molecule has 0 nitrogen and oxygen atoms in total. The first-order valence-corrected chi connectivity index (χ1v) is 21.6. The number of hydrogen-bond acceptors (Lipinski definition) is 0. The van der Waals surface area contributed by atoms with Crippen molar-refractivity contribution in [3.8, 4) is 0 Å². The van der Waals surface area contributed by atoms with Crippen molar-refractivity contribution in [1.82, 2.24) is 0 Å². The summed E-state index contributed by atoms with van der Waals surface area (Å²) in [6, 6.07) is 33.4. The minimum atomic E-state index is -1.89. The number of rotatable bonds is 4. The predicted octanol–water partition coefficient (Wildman–Crippen LogP) is 4.48. The Balaban J connectivity index is 2.25. The Hall–Kier alpha value is 0.284. The quantitative estimate of drug-likeness (QED) is 0.219. The Bertz CT molecular complexity index is 723. The third-order valence-corrected chi connectivity index (χ3v) is 61.2. The minimum Gasteiger partial charge on any atom is -0.108 e. The second-order valence-corrected chi connectivity index (χ2v) is 43.9. The largest absolute Gasteiger partial charge is 0.232 e. The van der Waals surface area contributed by atoms with Gasteiger partial charge in [0.05, 0.1) is 0 Å². The van der Waals surface area contributed by atoms with Gasteiger partial charge >= 0.3 is 0 Å². The van der Waals surface area contributed by atoms with Crippen LogP contribution in [0.1, 0.15) is 0 Å². The van der Waals surface area contributed by atoms with E-state index in [2.05, 4.69) is 156 Å². The van der Waals surface area contributed by atoms with Gasteiger partial charge in [-0.1, -0.05) is 91.0 Å². The summed E-state index contributed by atoms with van der Waals surface area (Å²) in [5.74, 6) is 0. The van der Waals surface area contributed by atoms with Crippen LogP contribution in [0.5, 0.6) is 0 Å². The lowest BCUT2D eigenvalue weighted by atomic mass is 10.4. The van der Waals surface area contributed by atoms with Gasteiger partial charge in [0.2, 0.25) is 7.67 Å². The van der Waals surface area contributed by atoms with E-state index >= 15 is 0 Å². The number of benzene rings is 3. The zero-order valence-corrected chi connectivity index (χ0v) is 20.8. The van der Waals surface area contributed by atoms with Gasteiger partial charge in [-0.25, -0.2) is 0 Å². The van der Waals surface area contributed by atoms with Crippen molar-refractivity contribution in [1.29, 1.82) is 0 Å². The van der Waals surface area contributed by atoms with Gasteiger partial charge < -0.3 is 0 Å². The first kappa shape index (κ1) is 18.1. The van der Waals surface area contributed by atoms with Crippen LogP contribution in [0, 0.1) is 0 Å². The third kappa shape index (κ3) is 3.49. The molecule has 116 valence electrons. The van der Waals surface area contributed by atoms with E-state index in [0.29, 0.717) is 0 Å². The van der Waals surface area contributed by atoms with Crippen molar-refractivity contribution in [2.75, 3.05) is 0 Å². The number of halogens is 3. The first-order chi connectivity index (χ1) is 11.1. The SMILES string of the molecule is I[Si](I)(c1ccccc1)[Si](I)(c1ccccc1)c1ccccc1. The second kappa shape index (κ2) is 7.67. The molecule has 0 atom stereocenters. The molecule has 0 spiro atoms. The molecular formula is C18H15I3Si2. The predicted molar refractivity (Wildman–Crippen MR) is 132 cm³/mol. The average molecular weight is 668 g/mol. The smallest absolute Gasteiger partial charge is 0.108 e. The fraction of sp³-hybridized carbons (Fsp3) is 0. The van der Waals surface area contributed by atoms with Crippen molar-refractivity contribution >= 4 is 88.6 Å². The van der Waals surface area contributed by atoms with Gasteiger partial charge in [0.25, 0.3) is 0 Å². The average Bonchev–Trinajstić information content (AvgIpc) is 2.63. The molecule has 0 radical (unpaired) electrons. The molecule has 0 aliphatic heterocycles. The summed E-state index contributed by atoms with van der Waals surface area (Å²) < 4.78 is -1.75. The van der Waals surface area contributed by atoms with E-state index in [4.69, 9.17) is 0 Å². The van der Waals surface area contributed by atoms with Gasteiger partial charge in [0, 0.05) is 0 Å². The summed E-state index contributed by atoms with van der Waals surface area (Å²) in [7, 11) is 0. The molecule has 0 N–H and O–H groups in total. The van der Waals surface area contributed by atoms with Crippen LogP contribution >= 0.6 is 65.4 Å². The molecule has 0 heterocycles. The first-order valence-electron chi connectivity index (χ1n) is 7.30. The highest BCUT2D eigenvalue weighted by molar-refractivity contribution is 14.3. The molecule has 0 fully saturated rings. The Morgan fingerprint density at radius 2 is 0.739 bits per heavy atom. The van der Waals surface area contributed by atoms with E-state index in [-0.39, 0.29) is 0 Å². The third-order valence-electron chi connectivity index (χ3n) is 3.91. The topological polar surface area (TPSA) is 0 Å². The maximum absolute atomic E-state index is 2.84. The van der Waals surface area contributed by atoms with Crippen molar-refractivity contribution in [3.63, 3.8) is 0 Å². The van der Waals surface area contributed by atoms with Crippen molar-refractivity contribution in [2.24, 2.45) is 0 Å².